The van der Waals surface area contributed by atoms with Crippen molar-refractivity contribution in [2.24, 2.45) is 17.8 Å². The number of carbonyl (C=O) groups excluding carboxylic acids is 1. The van der Waals surface area contributed by atoms with Crippen molar-refractivity contribution in [1.82, 2.24) is 0 Å². The van der Waals surface area contributed by atoms with Gasteiger partial charge in [-0.3, -0.25) is 0 Å². The molecule has 1 heterocycles. The molecule has 0 unspecified atom stereocenters. The van der Waals surface area contributed by atoms with E-state index in [0.717, 1.165) is 25.7 Å². The summed E-state index contributed by atoms with van der Waals surface area (Å²) in [5.41, 5.74) is -0.403. The monoisotopic (exact) mass is 164 g/mol. The first-order chi connectivity index (χ1) is 5.87. The lowest BCUT2D eigenvalue weighted by atomic mass is 9.80. The van der Waals surface area contributed by atoms with E-state index in [1.165, 1.54) is 0 Å². The second-order valence-corrected chi connectivity index (χ2v) is 4.11. The fourth-order valence-electron chi connectivity index (χ4n) is 3.19. The standard InChI is InChI=1S/C10H12O2/c11-6-10-8-2-1-7(5-8)9(10)3-4-12-10/h1-2,6-9H,3-5H2/t7-,8+,9+,10+/m0/s1. The van der Waals surface area contributed by atoms with Crippen LogP contribution in [-0.2, 0) is 9.53 Å². The Morgan fingerprint density at radius 1 is 1.50 bits per heavy atom. The molecule has 1 saturated heterocycles. The molecule has 1 saturated carbocycles. The highest BCUT2D eigenvalue weighted by Gasteiger charge is 2.59. The summed E-state index contributed by atoms with van der Waals surface area (Å²) in [6.45, 7) is 0.776. The molecule has 3 rings (SSSR count). The molecule has 3 aliphatic rings. The highest BCUT2D eigenvalue weighted by molar-refractivity contribution is 5.67. The van der Waals surface area contributed by atoms with Gasteiger partial charge in [-0.2, -0.15) is 0 Å². The third-order valence-electron chi connectivity index (χ3n) is 3.76. The molecule has 0 aromatic carbocycles. The van der Waals surface area contributed by atoms with E-state index in [1.54, 1.807) is 0 Å². The Kier molecular flexibility index (Phi) is 1.14. The van der Waals surface area contributed by atoms with E-state index >= 15 is 0 Å². The van der Waals surface area contributed by atoms with Crippen LogP contribution in [-0.4, -0.2) is 18.5 Å². The average Bonchev–Trinajstić information content (AvgIpc) is 2.76. The maximum atomic E-state index is 11.0. The molecule has 0 spiro atoms. The molecule has 4 atom stereocenters. The molecule has 0 N–H and O–H groups in total. The maximum Gasteiger partial charge on any atom is 0.152 e. The van der Waals surface area contributed by atoms with Crippen LogP contribution in [0.15, 0.2) is 12.2 Å². The fourth-order valence-corrected chi connectivity index (χ4v) is 3.19. The van der Waals surface area contributed by atoms with Crippen LogP contribution in [0.2, 0.25) is 0 Å². The molecule has 2 aliphatic carbocycles. The molecule has 0 aromatic heterocycles. The van der Waals surface area contributed by atoms with Crippen molar-refractivity contribution >= 4 is 6.29 Å². The van der Waals surface area contributed by atoms with Gasteiger partial charge < -0.3 is 9.53 Å². The van der Waals surface area contributed by atoms with Crippen LogP contribution in [0, 0.1) is 17.8 Å². The van der Waals surface area contributed by atoms with Crippen LogP contribution in [0.1, 0.15) is 12.8 Å². The normalized spacial score (nSPS) is 54.5. The van der Waals surface area contributed by atoms with Gasteiger partial charge in [-0.15, -0.1) is 0 Å². The zero-order chi connectivity index (χ0) is 8.18. The number of rotatable bonds is 1. The van der Waals surface area contributed by atoms with Crippen molar-refractivity contribution in [3.63, 3.8) is 0 Å². The molecule has 0 amide bonds. The molecule has 0 aromatic rings. The van der Waals surface area contributed by atoms with Crippen molar-refractivity contribution in [2.75, 3.05) is 6.61 Å². The second-order valence-electron chi connectivity index (χ2n) is 4.11. The van der Waals surface area contributed by atoms with Gasteiger partial charge in [0.1, 0.15) is 5.60 Å². The lowest BCUT2D eigenvalue weighted by molar-refractivity contribution is -0.131. The summed E-state index contributed by atoms with van der Waals surface area (Å²) in [5.74, 6) is 1.50. The summed E-state index contributed by atoms with van der Waals surface area (Å²) >= 11 is 0. The molecule has 2 nitrogen and oxygen atoms in total. The fraction of sp³-hybridized carbons (Fsp3) is 0.700. The van der Waals surface area contributed by atoms with E-state index in [2.05, 4.69) is 12.2 Å². The summed E-state index contributed by atoms with van der Waals surface area (Å²) < 4.78 is 5.63. The Labute approximate surface area is 71.6 Å². The quantitative estimate of drug-likeness (QED) is 0.429. The van der Waals surface area contributed by atoms with E-state index in [9.17, 15) is 4.79 Å². The summed E-state index contributed by atoms with van der Waals surface area (Å²) in [6, 6.07) is 0. The third kappa shape index (κ3) is 0.556. The van der Waals surface area contributed by atoms with Gasteiger partial charge in [0.15, 0.2) is 6.29 Å². The minimum absolute atomic E-state index is 0.382. The number of hydrogen-bond donors (Lipinski definition) is 0. The van der Waals surface area contributed by atoms with Crippen LogP contribution >= 0.6 is 0 Å². The molecule has 2 heteroatoms. The number of fused-ring (bicyclic) bond motifs is 5. The largest absolute Gasteiger partial charge is 0.367 e. The van der Waals surface area contributed by atoms with Crippen molar-refractivity contribution < 1.29 is 9.53 Å². The van der Waals surface area contributed by atoms with Gasteiger partial charge >= 0.3 is 0 Å². The predicted molar refractivity (Wildman–Crippen MR) is 43.6 cm³/mol. The highest BCUT2D eigenvalue weighted by atomic mass is 16.5. The Bertz CT molecular complexity index is 259. The van der Waals surface area contributed by atoms with E-state index in [1.807, 2.05) is 0 Å². The number of ether oxygens (including phenoxy) is 1. The lowest BCUT2D eigenvalue weighted by Crippen LogP contribution is -2.40. The number of carbonyl (C=O) groups is 1. The smallest absolute Gasteiger partial charge is 0.152 e. The molecule has 2 fully saturated rings. The van der Waals surface area contributed by atoms with Gasteiger partial charge in [0.05, 0.1) is 0 Å². The highest BCUT2D eigenvalue weighted by Crippen LogP contribution is 2.55. The van der Waals surface area contributed by atoms with Crippen molar-refractivity contribution in [3.05, 3.63) is 12.2 Å². The third-order valence-corrected chi connectivity index (χ3v) is 3.76. The van der Waals surface area contributed by atoms with Crippen LogP contribution in [0.25, 0.3) is 0 Å². The van der Waals surface area contributed by atoms with Crippen LogP contribution in [0.5, 0.6) is 0 Å². The summed E-state index contributed by atoms with van der Waals surface area (Å²) in [5, 5.41) is 0. The molecule has 1 aliphatic heterocycles. The first-order valence-corrected chi connectivity index (χ1v) is 4.65. The van der Waals surface area contributed by atoms with Gasteiger partial charge in [0.25, 0.3) is 0 Å². The van der Waals surface area contributed by atoms with Gasteiger partial charge in [0, 0.05) is 18.4 Å². The molecular weight excluding hydrogens is 152 g/mol. The molecule has 0 radical (unpaired) electrons. The Morgan fingerprint density at radius 2 is 2.42 bits per heavy atom. The van der Waals surface area contributed by atoms with Crippen molar-refractivity contribution in [2.45, 2.75) is 18.4 Å². The number of allylic oxidation sites excluding steroid dienone is 1. The zero-order valence-corrected chi connectivity index (χ0v) is 6.90. The van der Waals surface area contributed by atoms with Crippen LogP contribution in [0.3, 0.4) is 0 Å². The van der Waals surface area contributed by atoms with Gasteiger partial charge in [-0.25, -0.2) is 0 Å². The number of aldehydes is 1. The molecule has 64 valence electrons. The summed E-state index contributed by atoms with van der Waals surface area (Å²) in [4.78, 5) is 11.0. The summed E-state index contributed by atoms with van der Waals surface area (Å²) in [6.07, 6.45) is 7.71. The molecular formula is C10H12O2. The van der Waals surface area contributed by atoms with Gasteiger partial charge in [0.2, 0.25) is 0 Å². The van der Waals surface area contributed by atoms with Crippen LogP contribution in [0.4, 0.5) is 0 Å². The van der Waals surface area contributed by atoms with E-state index in [4.69, 9.17) is 4.74 Å². The SMILES string of the molecule is O=C[C@]12OCC[C@@H]1[C@H]1C=C[C@@H]2C1. The average molecular weight is 164 g/mol. The zero-order valence-electron chi connectivity index (χ0n) is 6.90. The van der Waals surface area contributed by atoms with Crippen molar-refractivity contribution in [1.29, 1.82) is 0 Å². The van der Waals surface area contributed by atoms with E-state index < -0.39 is 5.60 Å². The number of hydrogen-bond acceptors (Lipinski definition) is 2. The van der Waals surface area contributed by atoms with Gasteiger partial charge in [-0.1, -0.05) is 12.2 Å². The second kappa shape index (κ2) is 1.99. The first-order valence-electron chi connectivity index (χ1n) is 4.65. The lowest BCUT2D eigenvalue weighted by Gasteiger charge is -2.29. The predicted octanol–water partition coefficient (Wildman–Crippen LogP) is 1.17. The minimum atomic E-state index is -0.403. The Balaban J connectivity index is 2.08. The topological polar surface area (TPSA) is 26.3 Å². The Morgan fingerprint density at radius 3 is 3.17 bits per heavy atom. The van der Waals surface area contributed by atoms with Gasteiger partial charge in [-0.05, 0) is 18.8 Å². The Hall–Kier alpha value is -0.630. The van der Waals surface area contributed by atoms with E-state index in [-0.39, 0.29) is 0 Å². The summed E-state index contributed by atoms with van der Waals surface area (Å²) in [7, 11) is 0. The first kappa shape index (κ1) is 6.84. The molecule has 2 bridgehead atoms. The minimum Gasteiger partial charge on any atom is -0.367 e. The maximum absolute atomic E-state index is 11.0. The van der Waals surface area contributed by atoms with Crippen molar-refractivity contribution in [3.8, 4) is 0 Å². The molecule has 12 heavy (non-hydrogen) atoms. The van der Waals surface area contributed by atoms with Crippen LogP contribution < -0.4 is 0 Å². The van der Waals surface area contributed by atoms with E-state index in [0.29, 0.717) is 17.8 Å².